The van der Waals surface area contributed by atoms with Gasteiger partial charge in [0.15, 0.2) is 0 Å². The predicted octanol–water partition coefficient (Wildman–Crippen LogP) is 0.359. The molecular formula is C12H22N2O2. The second-order valence-electron chi connectivity index (χ2n) is 5.36. The fourth-order valence-electron chi connectivity index (χ4n) is 2.69. The van der Waals surface area contributed by atoms with Crippen molar-refractivity contribution < 1.29 is 9.90 Å². The number of hydrogen-bond donors (Lipinski definition) is 2. The number of carbonyl (C=O) groups is 1. The van der Waals surface area contributed by atoms with E-state index in [4.69, 9.17) is 0 Å². The van der Waals surface area contributed by atoms with Gasteiger partial charge in [0.2, 0.25) is 5.91 Å². The molecule has 16 heavy (non-hydrogen) atoms. The highest BCUT2D eigenvalue weighted by molar-refractivity contribution is 5.82. The van der Waals surface area contributed by atoms with Gasteiger partial charge in [0.25, 0.3) is 0 Å². The second kappa shape index (κ2) is 4.72. The first-order valence-electron chi connectivity index (χ1n) is 6.30. The highest BCUT2D eigenvalue weighted by Crippen LogP contribution is 2.29. The zero-order chi connectivity index (χ0) is 11.6. The second-order valence-corrected chi connectivity index (χ2v) is 5.36. The molecular weight excluding hydrogens is 204 g/mol. The lowest BCUT2D eigenvalue weighted by molar-refractivity contribution is -0.144. The van der Waals surface area contributed by atoms with Crippen LogP contribution >= 0.6 is 0 Å². The molecule has 92 valence electrons. The summed E-state index contributed by atoms with van der Waals surface area (Å²) in [5.74, 6) is 0.270. The van der Waals surface area contributed by atoms with Gasteiger partial charge in [-0.3, -0.25) is 4.79 Å². The van der Waals surface area contributed by atoms with Crippen LogP contribution in [-0.4, -0.2) is 48.2 Å². The van der Waals surface area contributed by atoms with E-state index in [1.807, 2.05) is 4.90 Å². The number of likely N-dealkylation sites (tertiary alicyclic amines) is 1. The van der Waals surface area contributed by atoms with Gasteiger partial charge in [-0.1, -0.05) is 0 Å². The lowest BCUT2D eigenvalue weighted by Crippen LogP contribution is -2.52. The van der Waals surface area contributed by atoms with E-state index in [9.17, 15) is 9.90 Å². The van der Waals surface area contributed by atoms with Gasteiger partial charge in [-0.25, -0.2) is 0 Å². The number of amides is 1. The number of nitrogens with one attached hydrogen (secondary N) is 1. The van der Waals surface area contributed by atoms with Crippen LogP contribution in [0.3, 0.4) is 0 Å². The summed E-state index contributed by atoms with van der Waals surface area (Å²) < 4.78 is 0. The summed E-state index contributed by atoms with van der Waals surface area (Å²) in [6.45, 7) is 5.32. The van der Waals surface area contributed by atoms with Crippen LogP contribution in [0.15, 0.2) is 0 Å². The van der Waals surface area contributed by atoms with E-state index in [1.165, 1.54) is 0 Å². The zero-order valence-electron chi connectivity index (χ0n) is 10.0. The Kier molecular flexibility index (Phi) is 3.50. The minimum absolute atomic E-state index is 0.207. The SMILES string of the molecule is CC1(C(=O)N2CCC(O)CC2)CCCNC1. The summed E-state index contributed by atoms with van der Waals surface area (Å²) in [7, 11) is 0. The first-order valence-corrected chi connectivity index (χ1v) is 6.30. The van der Waals surface area contributed by atoms with Crippen molar-refractivity contribution in [3.8, 4) is 0 Å². The quantitative estimate of drug-likeness (QED) is 0.679. The van der Waals surface area contributed by atoms with Gasteiger partial charge in [0.05, 0.1) is 11.5 Å². The van der Waals surface area contributed by atoms with Crippen LogP contribution in [0.2, 0.25) is 0 Å². The molecule has 0 aromatic carbocycles. The maximum absolute atomic E-state index is 12.4. The van der Waals surface area contributed by atoms with Crippen molar-refractivity contribution in [1.29, 1.82) is 0 Å². The summed E-state index contributed by atoms with van der Waals surface area (Å²) in [6.07, 6.45) is 3.32. The van der Waals surface area contributed by atoms with Crippen molar-refractivity contribution in [3.63, 3.8) is 0 Å². The van der Waals surface area contributed by atoms with Crippen molar-refractivity contribution in [3.05, 3.63) is 0 Å². The van der Waals surface area contributed by atoms with Crippen molar-refractivity contribution in [2.45, 2.75) is 38.7 Å². The van der Waals surface area contributed by atoms with Gasteiger partial charge >= 0.3 is 0 Å². The van der Waals surface area contributed by atoms with Gasteiger partial charge in [-0.15, -0.1) is 0 Å². The summed E-state index contributed by atoms with van der Waals surface area (Å²) in [5.41, 5.74) is -0.222. The van der Waals surface area contributed by atoms with Gasteiger partial charge in [-0.2, -0.15) is 0 Å². The number of carbonyl (C=O) groups excluding carboxylic acids is 1. The van der Waals surface area contributed by atoms with Crippen LogP contribution < -0.4 is 5.32 Å². The van der Waals surface area contributed by atoms with Gasteiger partial charge in [0.1, 0.15) is 0 Å². The van der Waals surface area contributed by atoms with Crippen LogP contribution in [0, 0.1) is 5.41 Å². The van der Waals surface area contributed by atoms with Crippen LogP contribution in [0.5, 0.6) is 0 Å². The van der Waals surface area contributed by atoms with E-state index >= 15 is 0 Å². The summed E-state index contributed by atoms with van der Waals surface area (Å²) in [5, 5.41) is 12.7. The molecule has 2 N–H and O–H groups in total. The predicted molar refractivity (Wildman–Crippen MR) is 62.0 cm³/mol. The fourth-order valence-corrected chi connectivity index (χ4v) is 2.69. The van der Waals surface area contributed by atoms with Crippen molar-refractivity contribution >= 4 is 5.91 Å². The minimum Gasteiger partial charge on any atom is -0.393 e. The zero-order valence-corrected chi connectivity index (χ0v) is 10.0. The number of nitrogens with zero attached hydrogens (tertiary/aromatic N) is 1. The topological polar surface area (TPSA) is 52.6 Å². The average molecular weight is 226 g/mol. The molecule has 0 radical (unpaired) electrons. The Morgan fingerprint density at radius 3 is 2.69 bits per heavy atom. The molecule has 2 aliphatic rings. The van der Waals surface area contributed by atoms with E-state index in [0.29, 0.717) is 0 Å². The Bertz CT molecular complexity index is 254. The molecule has 0 saturated carbocycles. The average Bonchev–Trinajstić information content (AvgIpc) is 2.30. The molecule has 0 bridgehead atoms. The minimum atomic E-state index is -0.222. The van der Waals surface area contributed by atoms with Crippen LogP contribution in [0.4, 0.5) is 0 Å². The number of aliphatic hydroxyl groups excluding tert-OH is 1. The summed E-state index contributed by atoms with van der Waals surface area (Å²) >= 11 is 0. The van der Waals surface area contributed by atoms with Crippen molar-refractivity contribution in [1.82, 2.24) is 10.2 Å². The lowest BCUT2D eigenvalue weighted by atomic mass is 9.81. The van der Waals surface area contributed by atoms with E-state index in [2.05, 4.69) is 12.2 Å². The molecule has 0 aromatic heterocycles. The first kappa shape index (κ1) is 11.9. The Morgan fingerprint density at radius 1 is 1.44 bits per heavy atom. The monoisotopic (exact) mass is 226 g/mol. The Hall–Kier alpha value is -0.610. The smallest absolute Gasteiger partial charge is 0.229 e. The lowest BCUT2D eigenvalue weighted by Gasteiger charge is -2.39. The molecule has 1 atom stereocenters. The summed E-state index contributed by atoms with van der Waals surface area (Å²) in [6, 6.07) is 0. The number of rotatable bonds is 1. The molecule has 2 rings (SSSR count). The molecule has 0 spiro atoms. The van der Waals surface area contributed by atoms with Crippen LogP contribution in [-0.2, 0) is 4.79 Å². The highest BCUT2D eigenvalue weighted by Gasteiger charge is 2.38. The van der Waals surface area contributed by atoms with E-state index in [1.54, 1.807) is 0 Å². The molecule has 2 saturated heterocycles. The molecule has 4 nitrogen and oxygen atoms in total. The summed E-state index contributed by atoms with van der Waals surface area (Å²) in [4.78, 5) is 14.3. The number of aliphatic hydroxyl groups is 1. The fraction of sp³-hybridized carbons (Fsp3) is 0.917. The first-order chi connectivity index (χ1) is 7.62. The third kappa shape index (κ3) is 2.38. The Balaban J connectivity index is 1.95. The number of hydrogen-bond acceptors (Lipinski definition) is 3. The highest BCUT2D eigenvalue weighted by atomic mass is 16.3. The Labute approximate surface area is 97.0 Å². The molecule has 0 aromatic rings. The van der Waals surface area contributed by atoms with Gasteiger partial charge < -0.3 is 15.3 Å². The van der Waals surface area contributed by atoms with E-state index < -0.39 is 0 Å². The van der Waals surface area contributed by atoms with E-state index in [-0.39, 0.29) is 17.4 Å². The van der Waals surface area contributed by atoms with Crippen molar-refractivity contribution in [2.24, 2.45) is 5.41 Å². The third-order valence-corrected chi connectivity index (χ3v) is 3.87. The Morgan fingerprint density at radius 2 is 2.12 bits per heavy atom. The normalized spacial score (nSPS) is 32.8. The van der Waals surface area contributed by atoms with Crippen LogP contribution in [0.25, 0.3) is 0 Å². The van der Waals surface area contributed by atoms with Crippen molar-refractivity contribution in [2.75, 3.05) is 26.2 Å². The third-order valence-electron chi connectivity index (χ3n) is 3.87. The maximum Gasteiger partial charge on any atom is 0.229 e. The van der Waals surface area contributed by atoms with E-state index in [0.717, 1.165) is 51.9 Å². The molecule has 1 amide bonds. The van der Waals surface area contributed by atoms with Gasteiger partial charge in [0, 0.05) is 19.6 Å². The maximum atomic E-state index is 12.4. The molecule has 1 unspecified atom stereocenters. The molecule has 2 heterocycles. The largest absolute Gasteiger partial charge is 0.393 e. The molecule has 0 aliphatic carbocycles. The molecule has 2 aliphatic heterocycles. The standard InChI is InChI=1S/C12H22N2O2/c1-12(5-2-6-13-9-12)11(16)14-7-3-10(15)4-8-14/h10,13,15H,2-9H2,1H3. The molecule has 4 heteroatoms. The molecule has 2 fully saturated rings. The van der Waals surface area contributed by atoms with Crippen LogP contribution in [0.1, 0.15) is 32.6 Å². The number of piperidine rings is 2. The van der Waals surface area contributed by atoms with Gasteiger partial charge in [-0.05, 0) is 39.2 Å².